The maximum atomic E-state index is 13.2. The van der Waals surface area contributed by atoms with E-state index in [0.717, 1.165) is 6.07 Å². The molecule has 0 aliphatic heterocycles. The molecular weight excluding hydrogens is 330 g/mol. The van der Waals surface area contributed by atoms with Crippen molar-refractivity contribution in [1.82, 2.24) is 4.90 Å². The highest BCUT2D eigenvalue weighted by atomic mass is 19.4. The van der Waals surface area contributed by atoms with Crippen LogP contribution in [0.2, 0.25) is 0 Å². The number of ether oxygens (including phenoxy) is 1. The fourth-order valence-corrected chi connectivity index (χ4v) is 2.80. The molecule has 1 amide bonds. The van der Waals surface area contributed by atoms with Gasteiger partial charge in [-0.05, 0) is 39.0 Å². The second-order valence-electron chi connectivity index (χ2n) is 6.81. The number of hydrogen-bond donors (Lipinski definition) is 0. The number of benzene rings is 1. The Labute approximate surface area is 137 Å². The fraction of sp³-hybridized carbons (Fsp3) is 0.562. The molecule has 1 saturated carbocycles. The highest BCUT2D eigenvalue weighted by molar-refractivity contribution is 5.64. The summed E-state index contributed by atoms with van der Waals surface area (Å²) in [5, 5.41) is 11.2. The van der Waals surface area contributed by atoms with E-state index in [9.17, 15) is 27.5 Å². The third-order valence-electron chi connectivity index (χ3n) is 3.90. The summed E-state index contributed by atoms with van der Waals surface area (Å²) in [7, 11) is 0. The van der Waals surface area contributed by atoms with Crippen LogP contribution in [0.25, 0.3) is 0 Å². The number of nitrogens with zero attached hydrogens (tertiary/aromatic N) is 1. The molecule has 1 aliphatic rings. The maximum Gasteiger partial charge on any atom is 0.419 e. The molecule has 0 atom stereocenters. The van der Waals surface area contributed by atoms with Crippen molar-refractivity contribution in [2.45, 2.75) is 57.5 Å². The minimum Gasteiger partial charge on any atom is -0.530 e. The molecule has 0 N–H and O–H groups in total. The molecule has 0 saturated heterocycles. The van der Waals surface area contributed by atoms with Crippen molar-refractivity contribution in [3.63, 3.8) is 0 Å². The number of carbonyl (C=O) groups is 1. The number of hydrogen-bond acceptors (Lipinski definition) is 3. The Bertz CT molecular complexity index is 619. The normalized spacial score (nSPS) is 21.1. The van der Waals surface area contributed by atoms with Crippen LogP contribution in [0.5, 0.6) is 5.75 Å². The minimum absolute atomic E-state index is 0.0945. The highest BCUT2D eigenvalue weighted by Crippen LogP contribution is 2.36. The van der Waals surface area contributed by atoms with E-state index in [1.165, 1.54) is 4.90 Å². The summed E-state index contributed by atoms with van der Waals surface area (Å²) in [4.78, 5) is 12.5. The van der Waals surface area contributed by atoms with Crippen LogP contribution in [0.3, 0.4) is 0 Å². The zero-order chi connectivity index (χ0) is 18.3. The summed E-state index contributed by atoms with van der Waals surface area (Å²) in [5.74, 6) is -1.46. The van der Waals surface area contributed by atoms with Gasteiger partial charge in [-0.1, -0.05) is 0 Å². The Morgan fingerprint density at radius 2 is 1.83 bits per heavy atom. The van der Waals surface area contributed by atoms with E-state index in [4.69, 9.17) is 4.74 Å². The first kappa shape index (κ1) is 18.4. The Kier molecular flexibility index (Phi) is 4.70. The summed E-state index contributed by atoms with van der Waals surface area (Å²) in [6.45, 7) is 5.19. The van der Waals surface area contributed by atoms with Crippen LogP contribution in [-0.4, -0.2) is 28.7 Å². The topological polar surface area (TPSA) is 52.6 Å². The van der Waals surface area contributed by atoms with E-state index in [1.807, 2.05) is 0 Å². The predicted octanol–water partition coefficient (Wildman–Crippen LogP) is 3.20. The molecule has 134 valence electrons. The number of amides is 1. The van der Waals surface area contributed by atoms with Gasteiger partial charge in [0.25, 0.3) is 0 Å². The third-order valence-corrected chi connectivity index (χ3v) is 3.90. The first-order valence-electron chi connectivity index (χ1n) is 7.43. The van der Waals surface area contributed by atoms with Crippen molar-refractivity contribution in [3.8, 4) is 5.75 Å². The lowest BCUT2D eigenvalue weighted by Crippen LogP contribution is -2.61. The maximum absolute atomic E-state index is 13.2. The van der Waals surface area contributed by atoms with E-state index in [1.54, 1.807) is 20.8 Å². The Balaban J connectivity index is 2.02. The van der Waals surface area contributed by atoms with Crippen LogP contribution in [-0.2, 0) is 6.18 Å². The average Bonchev–Trinajstić information content (AvgIpc) is 2.34. The smallest absolute Gasteiger partial charge is 0.419 e. The highest BCUT2D eigenvalue weighted by Gasteiger charge is 2.40. The van der Waals surface area contributed by atoms with Gasteiger partial charge in [0.2, 0.25) is 0 Å². The van der Waals surface area contributed by atoms with Gasteiger partial charge < -0.3 is 19.5 Å². The van der Waals surface area contributed by atoms with E-state index in [0.29, 0.717) is 25.0 Å². The summed E-state index contributed by atoms with van der Waals surface area (Å²) in [6, 6.07) is 2.13. The van der Waals surface area contributed by atoms with E-state index in [-0.39, 0.29) is 11.8 Å². The standard InChI is InChI=1S/C16H19F4NO3/c1-15(2,3)21(14(22)23)9-6-11(7-9)24-10-4-5-13(17)12(8-10)16(18,19)20/h4-5,8-9,11H,6-7H2,1-3H3,(H,22,23)/p-1. The molecule has 0 spiro atoms. The summed E-state index contributed by atoms with van der Waals surface area (Å²) < 4.78 is 56.7. The molecule has 4 nitrogen and oxygen atoms in total. The molecule has 1 aromatic carbocycles. The largest absolute Gasteiger partial charge is 0.530 e. The monoisotopic (exact) mass is 348 g/mol. The van der Waals surface area contributed by atoms with Gasteiger partial charge in [-0.15, -0.1) is 0 Å². The van der Waals surface area contributed by atoms with Crippen molar-refractivity contribution >= 4 is 6.09 Å². The van der Waals surface area contributed by atoms with Gasteiger partial charge in [-0.2, -0.15) is 13.2 Å². The average molecular weight is 348 g/mol. The molecule has 1 aliphatic carbocycles. The van der Waals surface area contributed by atoms with Crippen molar-refractivity contribution in [2.24, 2.45) is 0 Å². The zero-order valence-electron chi connectivity index (χ0n) is 13.5. The third kappa shape index (κ3) is 3.91. The molecule has 0 radical (unpaired) electrons. The van der Waals surface area contributed by atoms with Gasteiger partial charge >= 0.3 is 6.18 Å². The summed E-state index contributed by atoms with van der Waals surface area (Å²) in [5.41, 5.74) is -2.03. The van der Waals surface area contributed by atoms with Crippen molar-refractivity contribution in [3.05, 3.63) is 29.6 Å². The van der Waals surface area contributed by atoms with Gasteiger partial charge in [0.15, 0.2) is 0 Å². The van der Waals surface area contributed by atoms with E-state index < -0.39 is 35.3 Å². The lowest BCUT2D eigenvalue weighted by Gasteiger charge is -2.50. The summed E-state index contributed by atoms with van der Waals surface area (Å²) >= 11 is 0. The number of carboxylic acid groups (broad SMARTS) is 1. The molecule has 1 aromatic rings. The van der Waals surface area contributed by atoms with Crippen LogP contribution in [0.1, 0.15) is 39.2 Å². The van der Waals surface area contributed by atoms with Gasteiger partial charge in [0.05, 0.1) is 5.56 Å². The predicted molar refractivity (Wildman–Crippen MR) is 75.8 cm³/mol. The SMILES string of the molecule is CC(C)(C)N(C(=O)[O-])C1CC(Oc2ccc(F)c(C(F)(F)F)c2)C1. The number of halogens is 4. The zero-order valence-corrected chi connectivity index (χ0v) is 13.5. The molecule has 1 fully saturated rings. The molecule has 24 heavy (non-hydrogen) atoms. The van der Waals surface area contributed by atoms with Crippen molar-refractivity contribution < 1.29 is 32.2 Å². The minimum atomic E-state index is -4.80. The molecule has 0 bridgehead atoms. The van der Waals surface area contributed by atoms with Crippen molar-refractivity contribution in [2.75, 3.05) is 0 Å². The molecule has 0 unspecified atom stereocenters. The molecule has 8 heteroatoms. The molecule has 0 aromatic heterocycles. The molecule has 2 rings (SSSR count). The number of alkyl halides is 3. The van der Waals surface area contributed by atoms with E-state index >= 15 is 0 Å². The van der Waals surface area contributed by atoms with Crippen molar-refractivity contribution in [1.29, 1.82) is 0 Å². The second kappa shape index (κ2) is 6.14. The van der Waals surface area contributed by atoms with Gasteiger partial charge in [0, 0.05) is 24.4 Å². The van der Waals surface area contributed by atoms with Crippen LogP contribution in [0, 0.1) is 5.82 Å². The lowest BCUT2D eigenvalue weighted by atomic mass is 9.85. The second-order valence-corrected chi connectivity index (χ2v) is 6.81. The first-order chi connectivity index (χ1) is 10.9. The van der Waals surface area contributed by atoms with Gasteiger partial charge in [-0.3, -0.25) is 0 Å². The summed E-state index contributed by atoms with van der Waals surface area (Å²) in [6.07, 6.45) is -5.85. The van der Waals surface area contributed by atoms with Crippen LogP contribution in [0.4, 0.5) is 22.4 Å². The molecular formula is C16H18F4NO3-. The molecule has 0 heterocycles. The lowest BCUT2D eigenvalue weighted by molar-refractivity contribution is -0.276. The van der Waals surface area contributed by atoms with Crippen LogP contribution in [0.15, 0.2) is 18.2 Å². The Morgan fingerprint density at radius 3 is 2.29 bits per heavy atom. The van der Waals surface area contributed by atoms with Crippen LogP contribution >= 0.6 is 0 Å². The quantitative estimate of drug-likeness (QED) is 0.789. The number of rotatable bonds is 3. The van der Waals surface area contributed by atoms with Crippen LogP contribution < -0.4 is 9.84 Å². The van der Waals surface area contributed by atoms with Gasteiger partial charge in [-0.25, -0.2) is 4.39 Å². The fourth-order valence-electron chi connectivity index (χ4n) is 2.80. The first-order valence-corrected chi connectivity index (χ1v) is 7.43. The number of carbonyl (C=O) groups excluding carboxylic acids is 1. The Morgan fingerprint density at radius 1 is 1.25 bits per heavy atom. The Hall–Kier alpha value is -1.99. The van der Waals surface area contributed by atoms with E-state index in [2.05, 4.69) is 0 Å². The van der Waals surface area contributed by atoms with Gasteiger partial charge in [0.1, 0.15) is 23.8 Å².